The van der Waals surface area contributed by atoms with Gasteiger partial charge in [0.25, 0.3) is 5.91 Å². The molecule has 7 heteroatoms. The van der Waals surface area contributed by atoms with Crippen molar-refractivity contribution in [2.24, 2.45) is 0 Å². The predicted octanol–water partition coefficient (Wildman–Crippen LogP) is 3.66. The number of ether oxygens (including phenoxy) is 1. The van der Waals surface area contributed by atoms with E-state index < -0.39 is 5.63 Å². The first-order valence-corrected chi connectivity index (χ1v) is 8.62. The van der Waals surface area contributed by atoms with Crippen LogP contribution in [0.1, 0.15) is 22.5 Å². The number of halogens is 2. The molecule has 0 bridgehead atoms. The number of benzene rings is 1. The zero-order valence-corrected chi connectivity index (χ0v) is 15.3. The number of carbonyl (C=O) groups excluding carboxylic acids is 1. The summed E-state index contributed by atoms with van der Waals surface area (Å²) in [6.07, 6.45) is 0.525. The van der Waals surface area contributed by atoms with Gasteiger partial charge in [0.15, 0.2) is 0 Å². The fourth-order valence-corrected chi connectivity index (χ4v) is 3.24. The first kappa shape index (κ1) is 17.0. The van der Waals surface area contributed by atoms with Gasteiger partial charge in [0.1, 0.15) is 17.6 Å². The lowest BCUT2D eigenvalue weighted by molar-refractivity contribution is 0.0772. The number of likely N-dealkylation sites (tertiary alicyclic amines) is 1. The fourth-order valence-electron chi connectivity index (χ4n) is 2.68. The summed E-state index contributed by atoms with van der Waals surface area (Å²) in [5.74, 6) is 0.823. The van der Waals surface area contributed by atoms with Gasteiger partial charge in [0.2, 0.25) is 0 Å². The number of aryl methyl sites for hydroxylation is 1. The highest BCUT2D eigenvalue weighted by Gasteiger charge is 2.29. The average molecular weight is 413 g/mol. The molecule has 1 atom stereocenters. The fraction of sp³-hybridized carbons (Fsp3) is 0.294. The Morgan fingerprint density at radius 1 is 1.38 bits per heavy atom. The maximum Gasteiger partial charge on any atom is 0.339 e. The van der Waals surface area contributed by atoms with Crippen molar-refractivity contribution in [1.82, 2.24) is 4.90 Å². The Morgan fingerprint density at radius 2 is 2.17 bits per heavy atom. The van der Waals surface area contributed by atoms with Gasteiger partial charge in [-0.1, -0.05) is 27.5 Å². The van der Waals surface area contributed by atoms with Crippen molar-refractivity contribution in [3.8, 4) is 5.75 Å². The molecule has 1 aromatic carbocycles. The SMILES string of the molecule is Cc1cc(OC2CCN(C(=O)c3cc(Br)ccc3Cl)C2)cc(=O)o1. The van der Waals surface area contributed by atoms with Crippen LogP contribution >= 0.6 is 27.5 Å². The van der Waals surface area contributed by atoms with Crippen LogP contribution in [0.3, 0.4) is 0 Å². The third kappa shape index (κ3) is 3.82. The van der Waals surface area contributed by atoms with E-state index in [1.165, 1.54) is 6.07 Å². The molecule has 2 heterocycles. The minimum atomic E-state index is -0.447. The van der Waals surface area contributed by atoms with Gasteiger partial charge in [-0.2, -0.15) is 0 Å². The second-order valence-corrected chi connectivity index (χ2v) is 6.95. The first-order valence-electron chi connectivity index (χ1n) is 7.45. The largest absolute Gasteiger partial charge is 0.488 e. The second-order valence-electron chi connectivity index (χ2n) is 5.63. The molecule has 0 saturated carbocycles. The number of hydrogen-bond donors (Lipinski definition) is 0. The van der Waals surface area contributed by atoms with Crippen LogP contribution in [0.25, 0.3) is 0 Å². The van der Waals surface area contributed by atoms with E-state index in [0.717, 1.165) is 4.47 Å². The molecule has 3 rings (SSSR count). The highest BCUT2D eigenvalue weighted by atomic mass is 79.9. The van der Waals surface area contributed by atoms with Crippen molar-refractivity contribution in [2.75, 3.05) is 13.1 Å². The molecule has 1 unspecified atom stereocenters. The van der Waals surface area contributed by atoms with Crippen LogP contribution in [0, 0.1) is 6.92 Å². The van der Waals surface area contributed by atoms with Crippen LogP contribution < -0.4 is 10.4 Å². The molecular formula is C17H15BrClNO4. The molecule has 0 N–H and O–H groups in total. The zero-order valence-electron chi connectivity index (χ0n) is 12.9. The van der Waals surface area contributed by atoms with Crippen molar-refractivity contribution in [2.45, 2.75) is 19.4 Å². The highest BCUT2D eigenvalue weighted by molar-refractivity contribution is 9.10. The Bertz CT molecular complexity index is 836. The molecule has 0 radical (unpaired) electrons. The standard InChI is InChI=1S/C17H15BrClNO4/c1-10-6-13(8-16(21)23-10)24-12-4-5-20(9-12)17(22)14-7-11(18)2-3-15(14)19/h2-3,6-8,12H,4-5,9H2,1H3. The number of carbonyl (C=O) groups is 1. The normalized spacial score (nSPS) is 17.1. The molecule has 0 aliphatic carbocycles. The van der Waals surface area contributed by atoms with E-state index >= 15 is 0 Å². The van der Waals surface area contributed by atoms with Crippen molar-refractivity contribution >= 4 is 33.4 Å². The molecule has 0 spiro atoms. The third-order valence-corrected chi connectivity index (χ3v) is 4.58. The molecule has 24 heavy (non-hydrogen) atoms. The van der Waals surface area contributed by atoms with E-state index in [0.29, 0.717) is 41.6 Å². The Balaban J connectivity index is 1.69. The topological polar surface area (TPSA) is 59.8 Å². The summed E-state index contributed by atoms with van der Waals surface area (Å²) in [5.41, 5.74) is 0.0136. The van der Waals surface area contributed by atoms with Crippen molar-refractivity contribution in [1.29, 1.82) is 0 Å². The second kappa shape index (κ2) is 6.99. The molecule has 2 aromatic rings. The molecule has 1 saturated heterocycles. The van der Waals surface area contributed by atoms with Crippen LogP contribution in [-0.4, -0.2) is 30.0 Å². The van der Waals surface area contributed by atoms with E-state index in [1.54, 1.807) is 36.1 Å². The third-order valence-electron chi connectivity index (χ3n) is 3.76. The number of hydrogen-bond acceptors (Lipinski definition) is 4. The molecule has 1 fully saturated rings. The molecule has 5 nitrogen and oxygen atoms in total. The summed E-state index contributed by atoms with van der Waals surface area (Å²) < 4.78 is 11.5. The monoisotopic (exact) mass is 411 g/mol. The van der Waals surface area contributed by atoms with E-state index in [-0.39, 0.29) is 12.0 Å². The summed E-state index contributed by atoms with van der Waals surface area (Å²) in [5, 5.41) is 0.420. The van der Waals surface area contributed by atoms with Crippen molar-refractivity contribution < 1.29 is 13.9 Å². The number of rotatable bonds is 3. The average Bonchev–Trinajstić information content (AvgIpc) is 2.96. The van der Waals surface area contributed by atoms with Gasteiger partial charge in [0, 0.05) is 23.5 Å². The predicted molar refractivity (Wildman–Crippen MR) is 93.8 cm³/mol. The van der Waals surface area contributed by atoms with E-state index in [9.17, 15) is 9.59 Å². The van der Waals surface area contributed by atoms with Gasteiger partial charge in [-0.3, -0.25) is 4.79 Å². The summed E-state index contributed by atoms with van der Waals surface area (Å²) in [6.45, 7) is 2.71. The van der Waals surface area contributed by atoms with E-state index in [2.05, 4.69) is 15.9 Å². The molecule has 1 amide bonds. The van der Waals surface area contributed by atoms with Gasteiger partial charge in [-0.15, -0.1) is 0 Å². The molecule has 126 valence electrons. The quantitative estimate of drug-likeness (QED) is 0.772. The minimum absolute atomic E-state index is 0.129. The maximum atomic E-state index is 12.6. The Hall–Kier alpha value is -1.79. The number of amides is 1. The molecule has 1 aromatic heterocycles. The van der Waals surface area contributed by atoms with Crippen molar-refractivity contribution in [3.05, 3.63) is 61.6 Å². The van der Waals surface area contributed by atoms with Gasteiger partial charge in [-0.25, -0.2) is 4.79 Å². The zero-order chi connectivity index (χ0) is 17.3. The Kier molecular flexibility index (Phi) is 4.96. The van der Waals surface area contributed by atoms with Crippen molar-refractivity contribution in [3.63, 3.8) is 0 Å². The maximum absolute atomic E-state index is 12.6. The van der Waals surface area contributed by atoms with E-state index in [1.807, 2.05) is 0 Å². The summed E-state index contributed by atoms with van der Waals surface area (Å²) in [7, 11) is 0. The highest BCUT2D eigenvalue weighted by Crippen LogP contribution is 2.25. The molecule has 1 aliphatic heterocycles. The van der Waals surface area contributed by atoms with Gasteiger partial charge in [-0.05, 0) is 25.1 Å². The minimum Gasteiger partial charge on any atom is -0.488 e. The Labute approximate surface area is 152 Å². The van der Waals surface area contributed by atoms with Crippen LogP contribution in [-0.2, 0) is 0 Å². The number of nitrogens with zero attached hydrogens (tertiary/aromatic N) is 1. The Morgan fingerprint density at radius 3 is 2.92 bits per heavy atom. The summed E-state index contributed by atoms with van der Waals surface area (Å²) in [6, 6.07) is 8.16. The smallest absolute Gasteiger partial charge is 0.339 e. The van der Waals surface area contributed by atoms with E-state index in [4.69, 9.17) is 20.8 Å². The first-order chi connectivity index (χ1) is 11.4. The molecule has 1 aliphatic rings. The van der Waals surface area contributed by atoms with Crippen LogP contribution in [0.4, 0.5) is 0 Å². The lowest BCUT2D eigenvalue weighted by Gasteiger charge is -2.18. The van der Waals surface area contributed by atoms with Gasteiger partial charge >= 0.3 is 5.63 Å². The van der Waals surface area contributed by atoms with Crippen LogP contribution in [0.15, 0.2) is 44.0 Å². The molecular weight excluding hydrogens is 398 g/mol. The van der Waals surface area contributed by atoms with Crippen LogP contribution in [0.2, 0.25) is 5.02 Å². The summed E-state index contributed by atoms with van der Waals surface area (Å²) in [4.78, 5) is 25.7. The lowest BCUT2D eigenvalue weighted by Crippen LogP contribution is -2.31. The summed E-state index contributed by atoms with van der Waals surface area (Å²) >= 11 is 9.48. The lowest BCUT2D eigenvalue weighted by atomic mass is 10.2. The van der Waals surface area contributed by atoms with Crippen LogP contribution in [0.5, 0.6) is 5.75 Å². The van der Waals surface area contributed by atoms with Gasteiger partial charge in [0.05, 0.1) is 23.2 Å². The van der Waals surface area contributed by atoms with Gasteiger partial charge < -0.3 is 14.1 Å².